The van der Waals surface area contributed by atoms with Crippen LogP contribution in [0.15, 0.2) is 18.2 Å². The molecule has 2 amide bonds. The topological polar surface area (TPSA) is 75.4 Å². The third-order valence-electron chi connectivity index (χ3n) is 3.14. The predicted molar refractivity (Wildman–Crippen MR) is 75.8 cm³/mol. The Kier molecular flexibility index (Phi) is 4.92. The summed E-state index contributed by atoms with van der Waals surface area (Å²) in [5.74, 6) is -0.450. The highest BCUT2D eigenvalue weighted by molar-refractivity contribution is 6.01. The Morgan fingerprint density at radius 1 is 1.42 bits per heavy atom. The number of rotatable bonds is 4. The summed E-state index contributed by atoms with van der Waals surface area (Å²) >= 11 is 0. The molecular weight excluding hydrogens is 242 g/mol. The highest BCUT2D eigenvalue weighted by Gasteiger charge is 2.20. The average Bonchev–Trinajstić information content (AvgIpc) is 2.39. The fourth-order valence-corrected chi connectivity index (χ4v) is 1.70. The van der Waals surface area contributed by atoms with Crippen LogP contribution in [0, 0.1) is 6.92 Å². The number of aryl methyl sites for hydroxylation is 1. The number of amides is 2. The monoisotopic (exact) mass is 263 g/mol. The number of hydrogen-bond acceptors (Lipinski definition) is 3. The molecule has 0 saturated carbocycles. The Balaban J connectivity index is 2.80. The van der Waals surface area contributed by atoms with Gasteiger partial charge in [0.25, 0.3) is 5.91 Å². The molecule has 0 bridgehead atoms. The summed E-state index contributed by atoms with van der Waals surface area (Å²) in [4.78, 5) is 25.5. The number of hydrogen-bond donors (Lipinski definition) is 2. The van der Waals surface area contributed by atoms with E-state index < -0.39 is 6.04 Å². The van der Waals surface area contributed by atoms with Crippen molar-refractivity contribution in [1.82, 2.24) is 10.2 Å². The van der Waals surface area contributed by atoms with E-state index in [1.807, 2.05) is 19.9 Å². The first-order chi connectivity index (χ1) is 8.88. The third kappa shape index (κ3) is 3.47. The Labute approximate surface area is 113 Å². The minimum atomic E-state index is -0.572. The Hall–Kier alpha value is -2.04. The first-order valence-electron chi connectivity index (χ1n) is 6.29. The van der Waals surface area contributed by atoms with Gasteiger partial charge in [0.05, 0.1) is 5.56 Å². The van der Waals surface area contributed by atoms with Crippen LogP contribution < -0.4 is 11.1 Å². The zero-order chi connectivity index (χ0) is 14.6. The second-order valence-electron chi connectivity index (χ2n) is 4.58. The molecule has 3 N–H and O–H groups in total. The number of para-hydroxylation sites is 1. The van der Waals surface area contributed by atoms with Gasteiger partial charge in [0.1, 0.15) is 6.04 Å². The van der Waals surface area contributed by atoms with Gasteiger partial charge in [-0.3, -0.25) is 9.59 Å². The lowest BCUT2D eigenvalue weighted by molar-refractivity contribution is -0.131. The molecule has 0 aliphatic rings. The number of nitrogens with one attached hydrogen (secondary N) is 1. The molecule has 1 aromatic rings. The van der Waals surface area contributed by atoms with Crippen LogP contribution in [0.2, 0.25) is 0 Å². The highest BCUT2D eigenvalue weighted by atomic mass is 16.2. The largest absolute Gasteiger partial charge is 0.398 e. The summed E-state index contributed by atoms with van der Waals surface area (Å²) in [6, 6.07) is 4.69. The van der Waals surface area contributed by atoms with Gasteiger partial charge in [-0.25, -0.2) is 0 Å². The van der Waals surface area contributed by atoms with E-state index in [0.717, 1.165) is 5.56 Å². The molecule has 0 spiro atoms. The lowest BCUT2D eigenvalue weighted by Crippen LogP contribution is -2.45. The van der Waals surface area contributed by atoms with Crippen molar-refractivity contribution in [1.29, 1.82) is 0 Å². The number of carbonyl (C=O) groups is 2. The summed E-state index contributed by atoms with van der Waals surface area (Å²) in [5.41, 5.74) is 7.56. The second-order valence-corrected chi connectivity index (χ2v) is 4.58. The lowest BCUT2D eigenvalue weighted by Gasteiger charge is -2.21. The van der Waals surface area contributed by atoms with Crippen molar-refractivity contribution in [2.24, 2.45) is 0 Å². The minimum absolute atomic E-state index is 0.123. The van der Waals surface area contributed by atoms with Crippen LogP contribution in [0.4, 0.5) is 5.69 Å². The smallest absolute Gasteiger partial charge is 0.254 e. The zero-order valence-corrected chi connectivity index (χ0v) is 11.9. The summed E-state index contributed by atoms with van der Waals surface area (Å²) in [6.07, 6.45) is 0. The van der Waals surface area contributed by atoms with E-state index in [9.17, 15) is 9.59 Å². The number of nitrogens with two attached hydrogens (primary N) is 1. The van der Waals surface area contributed by atoms with Crippen LogP contribution in [0.1, 0.15) is 29.8 Å². The Morgan fingerprint density at radius 2 is 2.05 bits per heavy atom. The maximum Gasteiger partial charge on any atom is 0.254 e. The first kappa shape index (κ1) is 15.0. The molecule has 1 aromatic carbocycles. The van der Waals surface area contributed by atoms with Gasteiger partial charge in [0.15, 0.2) is 0 Å². The van der Waals surface area contributed by atoms with Crippen molar-refractivity contribution in [3.05, 3.63) is 29.3 Å². The summed E-state index contributed by atoms with van der Waals surface area (Å²) in [5, 5.41) is 2.67. The van der Waals surface area contributed by atoms with Gasteiger partial charge in [-0.15, -0.1) is 0 Å². The third-order valence-corrected chi connectivity index (χ3v) is 3.14. The van der Waals surface area contributed by atoms with Crippen LogP contribution >= 0.6 is 0 Å². The Morgan fingerprint density at radius 3 is 2.63 bits per heavy atom. The molecule has 1 atom stereocenters. The lowest BCUT2D eigenvalue weighted by atomic mass is 10.1. The number of nitrogens with zero attached hydrogens (tertiary/aromatic N) is 1. The van der Waals surface area contributed by atoms with Crippen molar-refractivity contribution in [3.63, 3.8) is 0 Å². The van der Waals surface area contributed by atoms with Crippen LogP contribution in [0.25, 0.3) is 0 Å². The molecule has 1 rings (SSSR count). The predicted octanol–water partition coefficient (Wildman–Crippen LogP) is 1.17. The molecule has 0 aliphatic heterocycles. The van der Waals surface area contributed by atoms with Crippen LogP contribution in [0.5, 0.6) is 0 Å². The molecule has 19 heavy (non-hydrogen) atoms. The zero-order valence-electron chi connectivity index (χ0n) is 11.9. The van der Waals surface area contributed by atoms with Crippen molar-refractivity contribution >= 4 is 17.5 Å². The average molecular weight is 263 g/mol. The molecular formula is C14H21N3O2. The van der Waals surface area contributed by atoms with E-state index in [1.165, 1.54) is 0 Å². The van der Waals surface area contributed by atoms with Gasteiger partial charge in [0.2, 0.25) is 5.91 Å². The van der Waals surface area contributed by atoms with Gasteiger partial charge in [-0.05, 0) is 32.4 Å². The van der Waals surface area contributed by atoms with Crippen LogP contribution in [-0.2, 0) is 4.79 Å². The molecule has 0 radical (unpaired) electrons. The molecule has 0 fully saturated rings. The number of likely N-dealkylation sites (N-methyl/N-ethyl adjacent to an activating group) is 1. The van der Waals surface area contributed by atoms with E-state index in [4.69, 9.17) is 5.73 Å². The quantitative estimate of drug-likeness (QED) is 0.801. The Bertz CT molecular complexity index is 486. The van der Waals surface area contributed by atoms with Crippen molar-refractivity contribution < 1.29 is 9.59 Å². The standard InChI is InChI=1S/C14H21N3O2/c1-5-17(4)14(19)10(3)16-13(18)11-8-6-7-9(2)12(11)15/h6-8,10H,5,15H2,1-4H3,(H,16,18). The van der Waals surface area contributed by atoms with E-state index >= 15 is 0 Å². The molecule has 5 nitrogen and oxygen atoms in total. The molecule has 0 aliphatic carbocycles. The maximum absolute atomic E-state index is 12.1. The molecule has 0 aromatic heterocycles. The first-order valence-corrected chi connectivity index (χ1v) is 6.29. The fraction of sp³-hybridized carbons (Fsp3) is 0.429. The highest BCUT2D eigenvalue weighted by Crippen LogP contribution is 2.16. The maximum atomic E-state index is 12.1. The van der Waals surface area contributed by atoms with Gasteiger partial charge >= 0.3 is 0 Å². The number of benzene rings is 1. The van der Waals surface area contributed by atoms with E-state index in [1.54, 1.807) is 31.0 Å². The molecule has 0 heterocycles. The van der Waals surface area contributed by atoms with Gasteiger partial charge < -0.3 is 16.0 Å². The van der Waals surface area contributed by atoms with Gasteiger partial charge in [-0.2, -0.15) is 0 Å². The molecule has 5 heteroatoms. The normalized spacial score (nSPS) is 11.8. The summed E-state index contributed by atoms with van der Waals surface area (Å²) in [7, 11) is 1.70. The van der Waals surface area contributed by atoms with Crippen molar-refractivity contribution in [2.75, 3.05) is 19.3 Å². The van der Waals surface area contributed by atoms with E-state index in [0.29, 0.717) is 17.8 Å². The van der Waals surface area contributed by atoms with Crippen molar-refractivity contribution in [2.45, 2.75) is 26.8 Å². The molecule has 1 unspecified atom stereocenters. The molecule has 0 saturated heterocycles. The van der Waals surface area contributed by atoms with Crippen LogP contribution in [0.3, 0.4) is 0 Å². The van der Waals surface area contributed by atoms with Gasteiger partial charge in [-0.1, -0.05) is 12.1 Å². The SMILES string of the molecule is CCN(C)C(=O)C(C)NC(=O)c1cccc(C)c1N. The van der Waals surface area contributed by atoms with E-state index in [-0.39, 0.29) is 11.8 Å². The van der Waals surface area contributed by atoms with E-state index in [2.05, 4.69) is 5.32 Å². The van der Waals surface area contributed by atoms with Gasteiger partial charge in [0, 0.05) is 19.3 Å². The number of carbonyl (C=O) groups excluding carboxylic acids is 2. The number of nitrogen functional groups attached to an aromatic ring is 1. The fourth-order valence-electron chi connectivity index (χ4n) is 1.70. The summed E-state index contributed by atoms with van der Waals surface area (Å²) in [6.45, 7) is 5.99. The number of anilines is 1. The molecule has 104 valence electrons. The minimum Gasteiger partial charge on any atom is -0.398 e. The van der Waals surface area contributed by atoms with Crippen LogP contribution in [-0.4, -0.2) is 36.3 Å². The van der Waals surface area contributed by atoms with Crippen molar-refractivity contribution in [3.8, 4) is 0 Å². The second kappa shape index (κ2) is 6.22. The summed E-state index contributed by atoms with van der Waals surface area (Å²) < 4.78 is 0.